The third kappa shape index (κ3) is 4.20. The smallest absolute Gasteiger partial charge is 0.240 e. The monoisotopic (exact) mass is 313 g/mol. The third-order valence-corrected chi connectivity index (χ3v) is 4.14. The highest BCUT2D eigenvalue weighted by molar-refractivity contribution is 7.99. The molecule has 2 rings (SSSR count). The van der Waals surface area contributed by atoms with Crippen LogP contribution in [0.25, 0.3) is 0 Å². The Bertz CT molecular complexity index is 560. The summed E-state index contributed by atoms with van der Waals surface area (Å²) in [6.07, 6.45) is -2.74. The van der Waals surface area contributed by atoms with Crippen LogP contribution >= 0.6 is 23.4 Å². The third-order valence-electron chi connectivity index (χ3n) is 2.79. The molecular formula is C15H14ClF2NS. The van der Waals surface area contributed by atoms with Crippen molar-refractivity contribution >= 4 is 23.4 Å². The van der Waals surface area contributed by atoms with Crippen LogP contribution in [0, 0.1) is 0 Å². The van der Waals surface area contributed by atoms with Crippen LogP contribution in [0.2, 0.25) is 5.02 Å². The van der Waals surface area contributed by atoms with E-state index in [-0.39, 0.29) is 6.42 Å². The minimum atomic E-state index is -2.40. The Morgan fingerprint density at radius 2 is 1.70 bits per heavy atom. The lowest BCUT2D eigenvalue weighted by molar-refractivity contribution is 0.128. The molecule has 20 heavy (non-hydrogen) atoms. The number of nitrogens with two attached hydrogens (primary N) is 1. The fourth-order valence-corrected chi connectivity index (χ4v) is 2.96. The molecule has 2 aromatic carbocycles. The van der Waals surface area contributed by atoms with Crippen molar-refractivity contribution in [1.29, 1.82) is 0 Å². The molecule has 0 spiro atoms. The fourth-order valence-electron chi connectivity index (χ4n) is 1.83. The Hall–Kier alpha value is -1.10. The van der Waals surface area contributed by atoms with E-state index in [2.05, 4.69) is 0 Å². The molecular weight excluding hydrogens is 300 g/mol. The molecule has 0 bridgehead atoms. The molecule has 0 fully saturated rings. The molecule has 0 heterocycles. The zero-order valence-corrected chi connectivity index (χ0v) is 12.2. The van der Waals surface area contributed by atoms with E-state index < -0.39 is 12.5 Å². The van der Waals surface area contributed by atoms with Gasteiger partial charge in [-0.05, 0) is 35.9 Å². The van der Waals surface area contributed by atoms with Crippen molar-refractivity contribution in [2.75, 3.05) is 0 Å². The van der Waals surface area contributed by atoms with Gasteiger partial charge in [0.25, 0.3) is 0 Å². The van der Waals surface area contributed by atoms with E-state index in [0.717, 1.165) is 15.4 Å². The highest BCUT2D eigenvalue weighted by Crippen LogP contribution is 2.34. The average Bonchev–Trinajstić information content (AvgIpc) is 2.41. The van der Waals surface area contributed by atoms with Crippen molar-refractivity contribution in [3.05, 3.63) is 59.1 Å². The zero-order chi connectivity index (χ0) is 14.5. The van der Waals surface area contributed by atoms with E-state index in [1.165, 1.54) is 11.8 Å². The highest BCUT2D eigenvalue weighted by Gasteiger charge is 2.16. The summed E-state index contributed by atoms with van der Waals surface area (Å²) in [6, 6.07) is 14.1. The quantitative estimate of drug-likeness (QED) is 0.826. The van der Waals surface area contributed by atoms with Gasteiger partial charge in [0.15, 0.2) is 0 Å². The molecule has 0 unspecified atom stereocenters. The van der Waals surface area contributed by atoms with E-state index in [1.807, 2.05) is 30.3 Å². The van der Waals surface area contributed by atoms with Gasteiger partial charge in [-0.25, -0.2) is 8.78 Å². The summed E-state index contributed by atoms with van der Waals surface area (Å²) < 4.78 is 24.9. The topological polar surface area (TPSA) is 26.0 Å². The average molecular weight is 314 g/mol. The normalized spacial score (nSPS) is 12.7. The van der Waals surface area contributed by atoms with Crippen molar-refractivity contribution < 1.29 is 8.78 Å². The standard InChI is InChI=1S/C15H14ClF2NS/c16-10-5-7-11(8-6-10)20-14-4-2-1-3-12(14)13(19)9-15(17)18/h1-8,13,15H,9,19H2/t13-/m0/s1. The van der Waals surface area contributed by atoms with Gasteiger partial charge in [0, 0.05) is 27.3 Å². The van der Waals surface area contributed by atoms with Gasteiger partial charge in [-0.1, -0.05) is 41.6 Å². The van der Waals surface area contributed by atoms with E-state index in [0.29, 0.717) is 5.02 Å². The van der Waals surface area contributed by atoms with Gasteiger partial charge in [-0.2, -0.15) is 0 Å². The predicted molar refractivity (Wildman–Crippen MR) is 79.6 cm³/mol. The van der Waals surface area contributed by atoms with Gasteiger partial charge >= 0.3 is 0 Å². The van der Waals surface area contributed by atoms with Crippen molar-refractivity contribution in [3.63, 3.8) is 0 Å². The first-order chi connectivity index (χ1) is 9.56. The van der Waals surface area contributed by atoms with Gasteiger partial charge in [0.05, 0.1) is 0 Å². The Kier molecular flexibility index (Phi) is 5.40. The minimum Gasteiger partial charge on any atom is -0.324 e. The maximum Gasteiger partial charge on any atom is 0.240 e. The summed E-state index contributed by atoms with van der Waals surface area (Å²) >= 11 is 7.34. The molecule has 0 amide bonds. The van der Waals surface area contributed by atoms with Gasteiger partial charge in [0.1, 0.15) is 0 Å². The second-order valence-electron chi connectivity index (χ2n) is 4.33. The lowest BCUT2D eigenvalue weighted by Crippen LogP contribution is -2.14. The van der Waals surface area contributed by atoms with Crippen LogP contribution in [0.1, 0.15) is 18.0 Å². The van der Waals surface area contributed by atoms with Crippen LogP contribution in [0.15, 0.2) is 58.3 Å². The summed E-state index contributed by atoms with van der Waals surface area (Å²) in [5.41, 5.74) is 6.60. The van der Waals surface area contributed by atoms with E-state index >= 15 is 0 Å². The van der Waals surface area contributed by atoms with Crippen molar-refractivity contribution in [2.24, 2.45) is 5.73 Å². The van der Waals surface area contributed by atoms with Crippen LogP contribution in [-0.4, -0.2) is 6.43 Å². The largest absolute Gasteiger partial charge is 0.324 e. The van der Waals surface area contributed by atoms with Crippen molar-refractivity contribution in [3.8, 4) is 0 Å². The molecule has 0 aromatic heterocycles. The number of hydrogen-bond acceptors (Lipinski definition) is 2. The maximum atomic E-state index is 12.5. The molecule has 0 radical (unpaired) electrons. The molecule has 0 aliphatic rings. The van der Waals surface area contributed by atoms with E-state index in [4.69, 9.17) is 17.3 Å². The second-order valence-corrected chi connectivity index (χ2v) is 5.88. The van der Waals surface area contributed by atoms with Crippen molar-refractivity contribution in [2.45, 2.75) is 28.7 Å². The maximum absolute atomic E-state index is 12.5. The first-order valence-corrected chi connectivity index (χ1v) is 7.32. The zero-order valence-electron chi connectivity index (χ0n) is 10.6. The fraction of sp³-hybridized carbons (Fsp3) is 0.200. The van der Waals surface area contributed by atoms with E-state index in [1.54, 1.807) is 18.2 Å². The summed E-state index contributed by atoms with van der Waals surface area (Å²) in [7, 11) is 0. The second kappa shape index (κ2) is 7.07. The number of halogens is 3. The van der Waals surface area contributed by atoms with Gasteiger partial charge < -0.3 is 5.73 Å². The van der Waals surface area contributed by atoms with Gasteiger partial charge in [0.2, 0.25) is 6.43 Å². The Morgan fingerprint density at radius 3 is 2.35 bits per heavy atom. The molecule has 1 atom stereocenters. The first kappa shape index (κ1) is 15.3. The number of hydrogen-bond donors (Lipinski definition) is 1. The van der Waals surface area contributed by atoms with Crippen LogP contribution in [0.5, 0.6) is 0 Å². The lowest BCUT2D eigenvalue weighted by atomic mass is 10.1. The van der Waals surface area contributed by atoms with Crippen LogP contribution in [0.3, 0.4) is 0 Å². The Balaban J connectivity index is 2.21. The minimum absolute atomic E-state index is 0.335. The molecule has 2 N–H and O–H groups in total. The van der Waals surface area contributed by atoms with Crippen LogP contribution in [0.4, 0.5) is 8.78 Å². The van der Waals surface area contributed by atoms with Gasteiger partial charge in [-0.15, -0.1) is 0 Å². The molecule has 5 heteroatoms. The van der Waals surface area contributed by atoms with E-state index in [9.17, 15) is 8.78 Å². The number of benzene rings is 2. The molecule has 106 valence electrons. The summed E-state index contributed by atoms with van der Waals surface area (Å²) in [4.78, 5) is 1.88. The first-order valence-electron chi connectivity index (χ1n) is 6.12. The molecule has 0 aliphatic heterocycles. The molecule has 0 aliphatic carbocycles. The summed E-state index contributed by atoms with van der Waals surface area (Å²) in [6.45, 7) is 0. The van der Waals surface area contributed by atoms with Crippen LogP contribution < -0.4 is 5.73 Å². The predicted octanol–water partition coefficient (Wildman–Crippen LogP) is 5.15. The highest BCUT2D eigenvalue weighted by atomic mass is 35.5. The van der Waals surface area contributed by atoms with Crippen LogP contribution in [-0.2, 0) is 0 Å². The lowest BCUT2D eigenvalue weighted by Gasteiger charge is -2.15. The molecule has 0 saturated heterocycles. The molecule has 0 saturated carbocycles. The number of rotatable bonds is 5. The molecule has 2 aromatic rings. The Morgan fingerprint density at radius 1 is 1.05 bits per heavy atom. The Labute approximate surface area is 126 Å². The van der Waals surface area contributed by atoms with Gasteiger partial charge in [-0.3, -0.25) is 0 Å². The summed E-state index contributed by atoms with van der Waals surface area (Å²) in [5.74, 6) is 0. The number of alkyl halides is 2. The molecule has 1 nitrogen and oxygen atoms in total. The summed E-state index contributed by atoms with van der Waals surface area (Å²) in [5, 5.41) is 0.664. The van der Waals surface area contributed by atoms with Crippen molar-refractivity contribution in [1.82, 2.24) is 0 Å². The SMILES string of the molecule is N[C@@H](CC(F)F)c1ccccc1Sc1ccc(Cl)cc1.